The topological polar surface area (TPSA) is 85.2 Å². The molecule has 0 radical (unpaired) electrons. The molecule has 2 unspecified atom stereocenters. The zero-order valence-corrected chi connectivity index (χ0v) is 16.3. The normalized spacial score (nSPS) is 23.3. The van der Waals surface area contributed by atoms with Crippen molar-refractivity contribution in [1.29, 1.82) is 0 Å². The van der Waals surface area contributed by atoms with Gasteiger partial charge in [-0.05, 0) is 26.2 Å². The van der Waals surface area contributed by atoms with E-state index in [1.165, 1.54) is 7.11 Å². The predicted octanol–water partition coefficient (Wildman–Crippen LogP) is 3.49. The first kappa shape index (κ1) is 23.0. The Kier molecular flexibility index (Phi) is 7.54. The van der Waals surface area contributed by atoms with Crippen molar-refractivity contribution in [3.05, 3.63) is 35.3 Å². The van der Waals surface area contributed by atoms with E-state index in [0.29, 0.717) is 19.3 Å². The fraction of sp³-hybridized carbons (Fsp3) is 0.550. The Morgan fingerprint density at radius 1 is 1.24 bits per heavy atom. The van der Waals surface area contributed by atoms with Crippen molar-refractivity contribution in [2.24, 2.45) is 16.8 Å². The Balaban J connectivity index is 2.53. The number of methoxy groups -OCH3 is 1. The second kappa shape index (κ2) is 9.49. The highest BCUT2D eigenvalue weighted by molar-refractivity contribution is 6.24. The number of carbonyl (C=O) groups is 2. The molecule has 2 saturated carbocycles. The SMILES string of the molecule is C=C/C(C(O)=C1C(=O)C2CCC(C2)C1=O)=C(/COCCOC)N=C(C)C(F)(F)F. The summed E-state index contributed by atoms with van der Waals surface area (Å²) in [7, 11) is 1.44. The van der Waals surface area contributed by atoms with Crippen LogP contribution in [-0.2, 0) is 19.1 Å². The predicted molar refractivity (Wildman–Crippen MR) is 99.6 cm³/mol. The van der Waals surface area contributed by atoms with E-state index in [2.05, 4.69) is 11.6 Å². The van der Waals surface area contributed by atoms with Gasteiger partial charge in [-0.1, -0.05) is 12.7 Å². The fourth-order valence-corrected chi connectivity index (χ4v) is 3.45. The first-order valence-electron chi connectivity index (χ1n) is 9.18. The van der Waals surface area contributed by atoms with Gasteiger partial charge >= 0.3 is 6.18 Å². The second-order valence-electron chi connectivity index (χ2n) is 6.96. The highest BCUT2D eigenvalue weighted by Gasteiger charge is 2.45. The zero-order chi connectivity index (χ0) is 21.8. The highest BCUT2D eigenvalue weighted by Crippen LogP contribution is 2.41. The average Bonchev–Trinajstić information content (AvgIpc) is 3.10. The van der Waals surface area contributed by atoms with Crippen molar-refractivity contribution in [2.75, 3.05) is 26.9 Å². The summed E-state index contributed by atoms with van der Waals surface area (Å²) in [5, 5.41) is 10.7. The van der Waals surface area contributed by atoms with Gasteiger partial charge in [0.05, 0.1) is 25.5 Å². The lowest BCUT2D eigenvalue weighted by Gasteiger charge is -2.21. The molecule has 2 aliphatic rings. The van der Waals surface area contributed by atoms with E-state index in [-0.39, 0.29) is 41.9 Å². The van der Waals surface area contributed by atoms with Crippen molar-refractivity contribution in [2.45, 2.75) is 32.4 Å². The van der Waals surface area contributed by atoms with Gasteiger partial charge in [-0.3, -0.25) is 9.59 Å². The molecular weight excluding hydrogens is 391 g/mol. The van der Waals surface area contributed by atoms with E-state index in [1.54, 1.807) is 0 Å². The van der Waals surface area contributed by atoms with Gasteiger partial charge in [0.25, 0.3) is 0 Å². The Bertz CT molecular complexity index is 755. The van der Waals surface area contributed by atoms with E-state index < -0.39 is 35.8 Å². The summed E-state index contributed by atoms with van der Waals surface area (Å²) in [4.78, 5) is 28.8. The smallest absolute Gasteiger partial charge is 0.429 e. The summed E-state index contributed by atoms with van der Waals surface area (Å²) >= 11 is 0. The van der Waals surface area contributed by atoms with Crippen LogP contribution in [0.5, 0.6) is 0 Å². The number of carbonyl (C=O) groups excluding carboxylic acids is 2. The lowest BCUT2D eigenvalue weighted by atomic mass is 9.81. The maximum absolute atomic E-state index is 13.0. The number of allylic oxidation sites excluding steroid dienone is 2. The number of fused-ring (bicyclic) bond motifs is 2. The molecule has 0 aromatic heterocycles. The third-order valence-electron chi connectivity index (χ3n) is 5.06. The van der Waals surface area contributed by atoms with Gasteiger partial charge in [0, 0.05) is 24.5 Å². The summed E-state index contributed by atoms with van der Waals surface area (Å²) in [6.45, 7) is 4.16. The monoisotopic (exact) mass is 415 g/mol. The van der Waals surface area contributed by atoms with Crippen LogP contribution in [0, 0.1) is 11.8 Å². The molecule has 6 nitrogen and oxygen atoms in total. The molecule has 0 aromatic carbocycles. The van der Waals surface area contributed by atoms with Crippen molar-refractivity contribution in [3.63, 3.8) is 0 Å². The molecule has 2 fully saturated rings. The third kappa shape index (κ3) is 5.22. The Morgan fingerprint density at radius 2 is 1.83 bits per heavy atom. The molecule has 9 heteroatoms. The van der Waals surface area contributed by atoms with Gasteiger partial charge in [0.1, 0.15) is 17.0 Å². The minimum absolute atomic E-state index is 0.0738. The molecule has 0 saturated heterocycles. The van der Waals surface area contributed by atoms with Crippen LogP contribution in [0.1, 0.15) is 26.2 Å². The van der Waals surface area contributed by atoms with Crippen LogP contribution in [0.25, 0.3) is 0 Å². The van der Waals surface area contributed by atoms with Gasteiger partial charge in [-0.2, -0.15) is 13.2 Å². The number of halogens is 3. The summed E-state index contributed by atoms with van der Waals surface area (Å²) in [6, 6.07) is 0. The fourth-order valence-electron chi connectivity index (χ4n) is 3.45. The number of alkyl halides is 3. The molecule has 0 aliphatic heterocycles. The number of aliphatic hydroxyl groups excluding tert-OH is 1. The molecule has 0 aromatic rings. The van der Waals surface area contributed by atoms with Crippen LogP contribution in [0.15, 0.2) is 40.2 Å². The number of Topliss-reactive ketones (excluding diaryl/α,β-unsaturated/α-hetero) is 2. The van der Waals surface area contributed by atoms with Crippen LogP contribution < -0.4 is 0 Å². The number of aliphatic hydroxyl groups is 1. The summed E-state index contributed by atoms with van der Waals surface area (Å²) in [5.74, 6) is -2.39. The van der Waals surface area contributed by atoms with E-state index >= 15 is 0 Å². The number of hydrogen-bond acceptors (Lipinski definition) is 6. The van der Waals surface area contributed by atoms with Crippen molar-refractivity contribution < 1.29 is 37.3 Å². The lowest BCUT2D eigenvalue weighted by Crippen LogP contribution is -2.30. The summed E-state index contributed by atoms with van der Waals surface area (Å²) < 4.78 is 49.1. The molecule has 29 heavy (non-hydrogen) atoms. The number of hydrogen-bond donors (Lipinski definition) is 1. The van der Waals surface area contributed by atoms with Crippen LogP contribution in [-0.4, -0.2) is 55.5 Å². The minimum atomic E-state index is -4.69. The first-order chi connectivity index (χ1) is 13.6. The molecule has 1 N–H and O–H groups in total. The number of nitrogens with zero attached hydrogens (tertiary/aromatic N) is 1. The molecule has 2 bridgehead atoms. The van der Waals surface area contributed by atoms with Crippen molar-refractivity contribution in [3.8, 4) is 0 Å². The summed E-state index contributed by atoms with van der Waals surface area (Å²) in [5.41, 5.74) is -2.06. The standard InChI is InChI=1S/C20H24F3NO5/c1-4-14(15(10-29-8-7-28-3)24-11(2)20(21,22)23)19(27)16-17(25)12-5-6-13(9-12)18(16)26/h4,12-13,27H,1,5-10H2,2-3H3/b15-14+,19-16?,24-11?. The molecule has 0 amide bonds. The van der Waals surface area contributed by atoms with Crippen LogP contribution in [0.4, 0.5) is 13.2 Å². The van der Waals surface area contributed by atoms with Gasteiger partial charge in [-0.15, -0.1) is 0 Å². The number of aliphatic imine (C=N–C) groups is 1. The highest BCUT2D eigenvalue weighted by atomic mass is 19.4. The molecule has 160 valence electrons. The average molecular weight is 415 g/mol. The van der Waals surface area contributed by atoms with Crippen LogP contribution >= 0.6 is 0 Å². The maximum Gasteiger partial charge on any atom is 0.429 e. The Labute approximate surface area is 166 Å². The van der Waals surface area contributed by atoms with E-state index in [9.17, 15) is 27.9 Å². The lowest BCUT2D eigenvalue weighted by molar-refractivity contribution is -0.127. The minimum Gasteiger partial charge on any atom is -0.506 e. The van der Waals surface area contributed by atoms with Crippen LogP contribution in [0.3, 0.4) is 0 Å². The first-order valence-corrected chi connectivity index (χ1v) is 9.18. The molecule has 0 heterocycles. The number of ketones is 2. The Morgan fingerprint density at radius 3 is 2.31 bits per heavy atom. The van der Waals surface area contributed by atoms with Gasteiger partial charge < -0.3 is 14.6 Å². The Hall–Kier alpha value is -2.26. The quantitative estimate of drug-likeness (QED) is 0.164. The van der Waals surface area contributed by atoms with Gasteiger partial charge in [-0.25, -0.2) is 4.99 Å². The zero-order valence-electron chi connectivity index (χ0n) is 16.3. The second-order valence-corrected chi connectivity index (χ2v) is 6.96. The summed E-state index contributed by atoms with van der Waals surface area (Å²) in [6.07, 6.45) is -2.07. The van der Waals surface area contributed by atoms with E-state index in [0.717, 1.165) is 13.0 Å². The van der Waals surface area contributed by atoms with E-state index in [1.807, 2.05) is 0 Å². The molecular formula is C20H24F3NO5. The maximum atomic E-state index is 13.0. The van der Waals surface area contributed by atoms with Gasteiger partial charge in [0.2, 0.25) is 0 Å². The molecule has 2 atom stereocenters. The van der Waals surface area contributed by atoms with Crippen molar-refractivity contribution >= 4 is 17.3 Å². The molecule has 2 aliphatic carbocycles. The number of ether oxygens (including phenoxy) is 2. The molecule has 2 rings (SSSR count). The van der Waals surface area contributed by atoms with E-state index in [4.69, 9.17) is 9.47 Å². The molecule has 0 spiro atoms. The van der Waals surface area contributed by atoms with Gasteiger partial charge in [0.15, 0.2) is 11.6 Å². The van der Waals surface area contributed by atoms with Crippen LogP contribution in [0.2, 0.25) is 0 Å². The van der Waals surface area contributed by atoms with Crippen molar-refractivity contribution in [1.82, 2.24) is 0 Å². The number of rotatable bonds is 8. The third-order valence-corrected chi connectivity index (χ3v) is 5.06. The largest absolute Gasteiger partial charge is 0.506 e.